The van der Waals surface area contributed by atoms with Crippen molar-refractivity contribution in [1.29, 1.82) is 0 Å². The van der Waals surface area contributed by atoms with Gasteiger partial charge in [0.15, 0.2) is 6.10 Å². The summed E-state index contributed by atoms with van der Waals surface area (Å²) in [6, 6.07) is 10.6. The number of carbonyl (C=O) groups excluding carboxylic acids is 1. The lowest BCUT2D eigenvalue weighted by molar-refractivity contribution is -0.143. The second-order valence-corrected chi connectivity index (χ2v) is 6.59. The lowest BCUT2D eigenvalue weighted by atomic mass is 10.0. The van der Waals surface area contributed by atoms with Gasteiger partial charge in [0.05, 0.1) is 12.7 Å². The van der Waals surface area contributed by atoms with Gasteiger partial charge >= 0.3 is 0 Å². The van der Waals surface area contributed by atoms with Crippen LogP contribution in [0.3, 0.4) is 0 Å². The fourth-order valence-electron chi connectivity index (χ4n) is 2.90. The van der Waals surface area contributed by atoms with Crippen LogP contribution in [0.4, 0.5) is 0 Å². The molecular weight excluding hydrogens is 340 g/mol. The van der Waals surface area contributed by atoms with Gasteiger partial charge in [-0.05, 0) is 42.2 Å². The molecule has 1 fully saturated rings. The molecule has 1 unspecified atom stereocenters. The quantitative estimate of drug-likeness (QED) is 0.890. The van der Waals surface area contributed by atoms with E-state index >= 15 is 0 Å². The molecule has 0 saturated carbocycles. The molecule has 1 saturated heterocycles. The number of aromatic nitrogens is 1. The normalized spacial score (nSPS) is 16.6. The third-order valence-corrected chi connectivity index (χ3v) is 4.63. The van der Waals surface area contributed by atoms with E-state index in [-0.39, 0.29) is 12.0 Å². The predicted octanol–water partition coefficient (Wildman–Crippen LogP) is 2.98. The van der Waals surface area contributed by atoms with Crippen LogP contribution in [0.2, 0.25) is 5.02 Å². The summed E-state index contributed by atoms with van der Waals surface area (Å²) in [5.74, 6) is -0.270. The number of nitrogens with zero attached hydrogens (tertiary/aromatic N) is 2. The van der Waals surface area contributed by atoms with Crippen LogP contribution in [0.15, 0.2) is 48.8 Å². The molecule has 0 aliphatic carbocycles. The minimum absolute atomic E-state index is 0.122. The first kappa shape index (κ1) is 17.9. The molecule has 1 N–H and O–H groups in total. The Balaban J connectivity index is 1.48. The van der Waals surface area contributed by atoms with E-state index in [4.69, 9.17) is 16.3 Å². The monoisotopic (exact) mass is 360 g/mol. The smallest absolute Gasteiger partial charge is 0.256 e. The topological polar surface area (TPSA) is 62.7 Å². The highest BCUT2D eigenvalue weighted by Crippen LogP contribution is 2.22. The molecule has 1 aliphatic heterocycles. The van der Waals surface area contributed by atoms with Crippen molar-refractivity contribution in [2.75, 3.05) is 13.1 Å². The van der Waals surface area contributed by atoms with Crippen molar-refractivity contribution in [2.45, 2.75) is 31.7 Å². The Hall–Kier alpha value is -1.95. The number of hydrogen-bond acceptors (Lipinski definition) is 4. The molecule has 5 nitrogen and oxygen atoms in total. The molecule has 1 aromatic heterocycles. The Bertz CT molecular complexity index is 686. The van der Waals surface area contributed by atoms with E-state index < -0.39 is 6.10 Å². The Morgan fingerprint density at radius 2 is 2.00 bits per heavy atom. The standard InChI is InChI=1S/C19H21ClN2O3/c20-16-5-3-15(4-6-16)18(23)19(24)22-10-7-17(8-11-22)25-13-14-2-1-9-21-12-14/h1-6,9,12,17-18,23H,7-8,10-11,13H2. The summed E-state index contributed by atoms with van der Waals surface area (Å²) in [5.41, 5.74) is 1.60. The highest BCUT2D eigenvalue weighted by Gasteiger charge is 2.28. The number of ether oxygens (including phenoxy) is 1. The zero-order chi connectivity index (χ0) is 17.6. The molecule has 1 aromatic carbocycles. The number of amides is 1. The molecule has 1 atom stereocenters. The van der Waals surface area contributed by atoms with Gasteiger partial charge in [0.2, 0.25) is 0 Å². The summed E-state index contributed by atoms with van der Waals surface area (Å²) in [5, 5.41) is 10.9. The van der Waals surface area contributed by atoms with Crippen molar-refractivity contribution in [3.63, 3.8) is 0 Å². The maximum atomic E-state index is 12.5. The van der Waals surface area contributed by atoms with Crippen LogP contribution in [-0.4, -0.2) is 40.1 Å². The fourth-order valence-corrected chi connectivity index (χ4v) is 3.03. The van der Waals surface area contributed by atoms with E-state index in [1.807, 2.05) is 12.1 Å². The first-order chi connectivity index (χ1) is 12.1. The number of likely N-dealkylation sites (tertiary alicyclic amines) is 1. The molecule has 2 heterocycles. The van der Waals surface area contributed by atoms with Crippen LogP contribution in [-0.2, 0) is 16.1 Å². The Morgan fingerprint density at radius 1 is 1.28 bits per heavy atom. The summed E-state index contributed by atoms with van der Waals surface area (Å²) in [7, 11) is 0. The minimum Gasteiger partial charge on any atom is -0.378 e. The molecule has 0 bridgehead atoms. The van der Waals surface area contributed by atoms with Gasteiger partial charge in [-0.2, -0.15) is 0 Å². The molecule has 2 aromatic rings. The van der Waals surface area contributed by atoms with Crippen molar-refractivity contribution in [3.8, 4) is 0 Å². The number of halogens is 1. The van der Waals surface area contributed by atoms with E-state index in [0.29, 0.717) is 30.3 Å². The second kappa shape index (κ2) is 8.43. The van der Waals surface area contributed by atoms with E-state index in [2.05, 4.69) is 4.98 Å². The van der Waals surface area contributed by atoms with E-state index in [1.54, 1.807) is 41.6 Å². The number of benzene rings is 1. The van der Waals surface area contributed by atoms with Crippen LogP contribution < -0.4 is 0 Å². The lowest BCUT2D eigenvalue weighted by Crippen LogP contribution is -2.43. The van der Waals surface area contributed by atoms with Crippen molar-refractivity contribution in [1.82, 2.24) is 9.88 Å². The molecular formula is C19H21ClN2O3. The molecule has 132 valence electrons. The van der Waals surface area contributed by atoms with Gasteiger partial charge in [0, 0.05) is 30.5 Å². The zero-order valence-electron chi connectivity index (χ0n) is 13.8. The third kappa shape index (κ3) is 4.78. The molecule has 1 amide bonds. The van der Waals surface area contributed by atoms with Crippen LogP contribution in [0.1, 0.15) is 30.1 Å². The van der Waals surface area contributed by atoms with Crippen LogP contribution in [0, 0.1) is 0 Å². The average Bonchev–Trinajstić information content (AvgIpc) is 2.67. The van der Waals surface area contributed by atoms with Gasteiger partial charge in [0.1, 0.15) is 0 Å². The molecule has 3 rings (SSSR count). The Kier molecular flexibility index (Phi) is 6.02. The number of aliphatic hydroxyl groups excluding tert-OH is 1. The van der Waals surface area contributed by atoms with E-state index in [9.17, 15) is 9.90 Å². The molecule has 25 heavy (non-hydrogen) atoms. The summed E-state index contributed by atoms with van der Waals surface area (Å²) < 4.78 is 5.90. The highest BCUT2D eigenvalue weighted by molar-refractivity contribution is 6.30. The molecule has 6 heteroatoms. The van der Waals surface area contributed by atoms with Crippen molar-refractivity contribution < 1.29 is 14.6 Å². The first-order valence-electron chi connectivity index (χ1n) is 8.36. The second-order valence-electron chi connectivity index (χ2n) is 6.15. The van der Waals surface area contributed by atoms with Gasteiger partial charge < -0.3 is 14.7 Å². The van der Waals surface area contributed by atoms with Crippen molar-refractivity contribution in [3.05, 3.63) is 64.9 Å². The lowest BCUT2D eigenvalue weighted by Gasteiger charge is -2.33. The number of rotatable bonds is 5. The summed E-state index contributed by atoms with van der Waals surface area (Å²) in [6.07, 6.45) is 4.03. The number of piperidine rings is 1. The third-order valence-electron chi connectivity index (χ3n) is 4.38. The summed E-state index contributed by atoms with van der Waals surface area (Å²) in [4.78, 5) is 18.2. The van der Waals surface area contributed by atoms with Gasteiger partial charge in [-0.15, -0.1) is 0 Å². The Morgan fingerprint density at radius 3 is 2.64 bits per heavy atom. The number of aliphatic hydroxyl groups is 1. The SMILES string of the molecule is O=C(C(O)c1ccc(Cl)cc1)N1CCC(OCc2cccnc2)CC1. The van der Waals surface area contributed by atoms with Crippen molar-refractivity contribution in [2.24, 2.45) is 0 Å². The fraction of sp³-hybridized carbons (Fsp3) is 0.368. The zero-order valence-corrected chi connectivity index (χ0v) is 14.6. The largest absolute Gasteiger partial charge is 0.378 e. The first-order valence-corrected chi connectivity index (χ1v) is 8.74. The molecule has 1 aliphatic rings. The van der Waals surface area contributed by atoms with Crippen molar-refractivity contribution >= 4 is 17.5 Å². The number of hydrogen-bond donors (Lipinski definition) is 1. The predicted molar refractivity (Wildman–Crippen MR) is 95.0 cm³/mol. The number of pyridine rings is 1. The van der Waals surface area contributed by atoms with Gasteiger partial charge in [-0.1, -0.05) is 29.8 Å². The maximum Gasteiger partial charge on any atom is 0.256 e. The minimum atomic E-state index is -1.15. The maximum absolute atomic E-state index is 12.5. The van der Waals surface area contributed by atoms with Crippen LogP contribution >= 0.6 is 11.6 Å². The summed E-state index contributed by atoms with van der Waals surface area (Å²) >= 11 is 5.84. The van der Waals surface area contributed by atoms with Gasteiger partial charge in [-0.3, -0.25) is 9.78 Å². The van der Waals surface area contributed by atoms with Crippen LogP contribution in [0.5, 0.6) is 0 Å². The average molecular weight is 361 g/mol. The van der Waals surface area contributed by atoms with E-state index in [1.165, 1.54) is 0 Å². The summed E-state index contributed by atoms with van der Waals surface area (Å²) in [6.45, 7) is 1.70. The van der Waals surface area contributed by atoms with E-state index in [0.717, 1.165) is 18.4 Å². The molecule has 0 radical (unpaired) electrons. The Labute approximate surface area is 152 Å². The van der Waals surface area contributed by atoms with Gasteiger partial charge in [-0.25, -0.2) is 0 Å². The highest BCUT2D eigenvalue weighted by atomic mass is 35.5. The number of carbonyl (C=O) groups is 1. The molecule has 0 spiro atoms. The van der Waals surface area contributed by atoms with Gasteiger partial charge in [0.25, 0.3) is 5.91 Å². The van der Waals surface area contributed by atoms with Crippen LogP contribution in [0.25, 0.3) is 0 Å².